The number of benzene rings is 1. The van der Waals surface area contributed by atoms with Gasteiger partial charge in [-0.2, -0.15) is 5.16 Å². The average molecular weight is 354 g/mol. The Kier molecular flexibility index (Phi) is 6.46. The zero-order valence-electron chi connectivity index (χ0n) is 13.7. The lowest BCUT2D eigenvalue weighted by Crippen LogP contribution is -2.38. The summed E-state index contributed by atoms with van der Waals surface area (Å²) < 4.78 is 31.6. The van der Waals surface area contributed by atoms with E-state index in [1.807, 2.05) is 0 Å². The zero-order chi connectivity index (χ0) is 18.4. The van der Waals surface area contributed by atoms with Gasteiger partial charge in [0.1, 0.15) is 17.4 Å². The van der Waals surface area contributed by atoms with E-state index < -0.39 is 17.6 Å². The molecule has 6 nitrogen and oxygen atoms in total. The number of H-pyrrole nitrogens is 1. The summed E-state index contributed by atoms with van der Waals surface area (Å²) >= 11 is 0. The first-order chi connectivity index (χ1) is 11.8. The molecule has 2 heterocycles. The van der Waals surface area contributed by atoms with E-state index in [0.717, 1.165) is 32.4 Å². The molecule has 0 unspecified atom stereocenters. The van der Waals surface area contributed by atoms with Gasteiger partial charge in [-0.05, 0) is 43.5 Å². The molecule has 1 aliphatic heterocycles. The molecular weight excluding hydrogens is 334 g/mol. The second kappa shape index (κ2) is 8.57. The minimum atomic E-state index is -0.833. The molecule has 2 atom stereocenters. The van der Waals surface area contributed by atoms with E-state index in [2.05, 4.69) is 10.5 Å². The van der Waals surface area contributed by atoms with Crippen molar-refractivity contribution in [2.75, 3.05) is 6.54 Å². The van der Waals surface area contributed by atoms with Crippen LogP contribution in [0.25, 0.3) is 0 Å². The Morgan fingerprint density at radius 3 is 2.48 bits per heavy atom. The molecule has 0 aliphatic carbocycles. The van der Waals surface area contributed by atoms with Crippen molar-refractivity contribution in [2.24, 2.45) is 0 Å². The monoisotopic (exact) mass is 354 g/mol. The molecule has 3 rings (SSSR count). The van der Waals surface area contributed by atoms with Gasteiger partial charge in [-0.15, -0.1) is 0 Å². The Morgan fingerprint density at radius 1 is 1.28 bits per heavy atom. The number of carboxylic acid groups (broad SMARTS) is 1. The maximum atomic E-state index is 13.2. The molecule has 1 aromatic carbocycles. The fourth-order valence-electron chi connectivity index (χ4n) is 2.93. The molecule has 3 N–H and O–H groups in total. The van der Waals surface area contributed by atoms with E-state index in [4.69, 9.17) is 14.4 Å². The van der Waals surface area contributed by atoms with Crippen LogP contribution in [0.3, 0.4) is 0 Å². The van der Waals surface area contributed by atoms with Gasteiger partial charge in [0.05, 0.1) is 0 Å². The SMILES string of the molecule is CC(=O)O.O=c1cc([C@H]2CCN[C@@H](Cc3cc(F)cc(F)c3)C2)o[nH]1. The predicted octanol–water partition coefficient (Wildman–Crippen LogP) is 2.42. The molecule has 1 aliphatic rings. The summed E-state index contributed by atoms with van der Waals surface area (Å²) in [5.74, 6) is -1.16. The highest BCUT2D eigenvalue weighted by atomic mass is 19.1. The van der Waals surface area contributed by atoms with Crippen LogP contribution in [-0.4, -0.2) is 28.8 Å². The van der Waals surface area contributed by atoms with Crippen LogP contribution >= 0.6 is 0 Å². The lowest BCUT2D eigenvalue weighted by molar-refractivity contribution is -0.134. The van der Waals surface area contributed by atoms with Gasteiger partial charge in [-0.25, -0.2) is 8.78 Å². The molecule has 0 bridgehead atoms. The fraction of sp³-hybridized carbons (Fsp3) is 0.412. The average Bonchev–Trinajstić information content (AvgIpc) is 2.92. The van der Waals surface area contributed by atoms with E-state index in [-0.39, 0.29) is 17.5 Å². The van der Waals surface area contributed by atoms with Crippen molar-refractivity contribution < 1.29 is 23.2 Å². The standard InChI is InChI=1S/C15H16F2N2O2.C2H4O2/c16-11-3-9(4-12(17)7-11)5-13-6-10(1-2-18-13)14-8-15(20)19-21-14;1-2(3)4/h3-4,7-8,10,13,18H,1-2,5-6H2,(H,19,20);1H3,(H,3,4)/t10-,13-;/m0./s1. The highest BCUT2D eigenvalue weighted by Crippen LogP contribution is 2.28. The van der Waals surface area contributed by atoms with Crippen LogP contribution in [0.5, 0.6) is 0 Å². The Hall–Kier alpha value is -2.48. The highest BCUT2D eigenvalue weighted by molar-refractivity contribution is 5.62. The van der Waals surface area contributed by atoms with Crippen molar-refractivity contribution in [3.05, 3.63) is 57.6 Å². The Bertz CT molecular complexity index is 748. The molecule has 1 fully saturated rings. The summed E-state index contributed by atoms with van der Waals surface area (Å²) in [6.07, 6.45) is 2.17. The maximum Gasteiger partial charge on any atom is 0.300 e. The molecule has 25 heavy (non-hydrogen) atoms. The van der Waals surface area contributed by atoms with Crippen LogP contribution in [0.4, 0.5) is 8.78 Å². The van der Waals surface area contributed by atoms with E-state index in [1.54, 1.807) is 0 Å². The van der Waals surface area contributed by atoms with Gasteiger partial charge in [0.25, 0.3) is 11.5 Å². The number of carboxylic acids is 1. The molecule has 1 saturated heterocycles. The van der Waals surface area contributed by atoms with Crippen LogP contribution in [0.15, 0.2) is 33.6 Å². The number of halogens is 2. The fourth-order valence-corrected chi connectivity index (χ4v) is 2.93. The van der Waals surface area contributed by atoms with Gasteiger partial charge in [-0.3, -0.25) is 9.59 Å². The van der Waals surface area contributed by atoms with Crippen molar-refractivity contribution >= 4 is 5.97 Å². The van der Waals surface area contributed by atoms with E-state index in [0.29, 0.717) is 17.7 Å². The van der Waals surface area contributed by atoms with Gasteiger partial charge in [0.15, 0.2) is 0 Å². The molecule has 0 spiro atoms. The third-order valence-electron chi connectivity index (χ3n) is 3.84. The van der Waals surface area contributed by atoms with Crippen molar-refractivity contribution in [1.82, 2.24) is 10.5 Å². The highest BCUT2D eigenvalue weighted by Gasteiger charge is 2.25. The Morgan fingerprint density at radius 2 is 1.92 bits per heavy atom. The minimum absolute atomic E-state index is 0.102. The van der Waals surface area contributed by atoms with Crippen molar-refractivity contribution in [3.8, 4) is 0 Å². The number of aromatic amines is 1. The number of hydrogen-bond acceptors (Lipinski definition) is 4. The summed E-state index contributed by atoms with van der Waals surface area (Å²) in [4.78, 5) is 20.1. The minimum Gasteiger partial charge on any atom is -0.481 e. The van der Waals surface area contributed by atoms with Crippen LogP contribution < -0.4 is 10.9 Å². The molecule has 136 valence electrons. The third kappa shape index (κ3) is 6.15. The van der Waals surface area contributed by atoms with Crippen molar-refractivity contribution in [1.29, 1.82) is 0 Å². The van der Waals surface area contributed by atoms with Crippen LogP contribution in [-0.2, 0) is 11.2 Å². The Labute approximate surface area is 142 Å². The lowest BCUT2D eigenvalue weighted by Gasteiger charge is -2.29. The number of hydrogen-bond donors (Lipinski definition) is 3. The number of piperidine rings is 1. The van der Waals surface area contributed by atoms with Gasteiger partial charge in [-0.1, -0.05) is 0 Å². The summed E-state index contributed by atoms with van der Waals surface area (Å²) in [5, 5.41) is 13.1. The molecule has 0 saturated carbocycles. The van der Waals surface area contributed by atoms with E-state index in [9.17, 15) is 13.6 Å². The molecule has 2 aromatic rings. The van der Waals surface area contributed by atoms with Gasteiger partial charge in [0, 0.05) is 31.0 Å². The predicted molar refractivity (Wildman–Crippen MR) is 86.5 cm³/mol. The quantitative estimate of drug-likeness (QED) is 0.787. The number of nitrogens with one attached hydrogen (secondary N) is 2. The lowest BCUT2D eigenvalue weighted by atomic mass is 9.87. The molecule has 0 amide bonds. The van der Waals surface area contributed by atoms with Crippen molar-refractivity contribution in [3.63, 3.8) is 0 Å². The molecule has 8 heteroatoms. The maximum absolute atomic E-state index is 13.2. The second-order valence-corrected chi connectivity index (χ2v) is 5.99. The molecule has 0 radical (unpaired) electrons. The Balaban J connectivity index is 0.000000511. The first kappa shape index (κ1) is 18.9. The van der Waals surface area contributed by atoms with Gasteiger partial charge in [0.2, 0.25) is 0 Å². The summed E-state index contributed by atoms with van der Waals surface area (Å²) in [5.41, 5.74) is 0.383. The van der Waals surface area contributed by atoms with E-state index >= 15 is 0 Å². The number of carbonyl (C=O) groups is 1. The van der Waals surface area contributed by atoms with Crippen LogP contribution in [0.1, 0.15) is 37.0 Å². The topological polar surface area (TPSA) is 95.3 Å². The second-order valence-electron chi connectivity index (χ2n) is 5.99. The third-order valence-corrected chi connectivity index (χ3v) is 3.84. The summed E-state index contributed by atoms with van der Waals surface area (Å²) in [6.45, 7) is 1.86. The van der Waals surface area contributed by atoms with Gasteiger partial charge >= 0.3 is 0 Å². The van der Waals surface area contributed by atoms with Crippen LogP contribution in [0, 0.1) is 11.6 Å². The molecular formula is C17H20F2N2O4. The first-order valence-electron chi connectivity index (χ1n) is 7.89. The van der Waals surface area contributed by atoms with Crippen molar-refractivity contribution in [2.45, 2.75) is 38.1 Å². The van der Waals surface area contributed by atoms with Gasteiger partial charge < -0.3 is 14.9 Å². The largest absolute Gasteiger partial charge is 0.481 e. The van der Waals surface area contributed by atoms with E-state index in [1.165, 1.54) is 18.2 Å². The zero-order valence-corrected chi connectivity index (χ0v) is 13.7. The first-order valence-corrected chi connectivity index (χ1v) is 7.89. The number of aromatic nitrogens is 1. The number of rotatable bonds is 3. The molecule has 1 aromatic heterocycles. The summed E-state index contributed by atoms with van der Waals surface area (Å²) in [6, 6.07) is 5.14. The number of aliphatic carboxylic acids is 1. The van der Waals surface area contributed by atoms with Crippen LogP contribution in [0.2, 0.25) is 0 Å². The normalized spacial score (nSPS) is 19.8. The smallest absolute Gasteiger partial charge is 0.300 e. The summed E-state index contributed by atoms with van der Waals surface area (Å²) in [7, 11) is 0.